The molecule has 0 bridgehead atoms. The summed E-state index contributed by atoms with van der Waals surface area (Å²) in [6.07, 6.45) is 1.14. The van der Waals surface area contributed by atoms with E-state index in [1.54, 1.807) is 6.92 Å². The summed E-state index contributed by atoms with van der Waals surface area (Å²) in [5.74, 6) is 0.445. The maximum atomic E-state index is 11.7. The van der Waals surface area contributed by atoms with Gasteiger partial charge < -0.3 is 5.32 Å². The van der Waals surface area contributed by atoms with Gasteiger partial charge in [0.15, 0.2) is 20.5 Å². The summed E-state index contributed by atoms with van der Waals surface area (Å²) in [5.41, 5.74) is 1.94. The molecule has 0 aliphatic heterocycles. The first-order chi connectivity index (χ1) is 8.36. The third kappa shape index (κ3) is 1.92. The summed E-state index contributed by atoms with van der Waals surface area (Å²) in [5, 5.41) is 15.1. The van der Waals surface area contributed by atoms with Gasteiger partial charge in [0, 0.05) is 18.4 Å². The quantitative estimate of drug-likeness (QED) is 0.876. The van der Waals surface area contributed by atoms with Crippen molar-refractivity contribution in [2.75, 3.05) is 18.1 Å². The standard InChI is InChI=1S/C10H15N5O2S/c1-5-11-10-13-12-8-6(2)7(3)9(14-15(8)10)18(4,16)17/h5H2,1-4H3,(H,11,13). The van der Waals surface area contributed by atoms with Gasteiger partial charge in [-0.15, -0.1) is 10.2 Å². The zero-order valence-corrected chi connectivity index (χ0v) is 11.5. The van der Waals surface area contributed by atoms with Crippen LogP contribution in [0.5, 0.6) is 0 Å². The van der Waals surface area contributed by atoms with E-state index in [0.717, 1.165) is 11.8 Å². The first-order valence-corrected chi connectivity index (χ1v) is 7.42. The van der Waals surface area contributed by atoms with Crippen molar-refractivity contribution in [3.8, 4) is 0 Å². The number of hydrogen-bond donors (Lipinski definition) is 1. The van der Waals surface area contributed by atoms with Crippen molar-refractivity contribution in [2.24, 2.45) is 0 Å². The summed E-state index contributed by atoms with van der Waals surface area (Å²) in [4.78, 5) is 0. The average molecular weight is 269 g/mol. The minimum atomic E-state index is -3.37. The van der Waals surface area contributed by atoms with E-state index < -0.39 is 9.84 Å². The highest BCUT2D eigenvalue weighted by molar-refractivity contribution is 7.90. The molecule has 7 nitrogen and oxygen atoms in total. The Labute approximate surface area is 105 Å². The van der Waals surface area contributed by atoms with Crippen LogP contribution in [0.3, 0.4) is 0 Å². The SMILES string of the molecule is CCNc1nnc2c(C)c(C)c(S(C)(=O)=O)nn12. The Kier molecular flexibility index (Phi) is 2.97. The molecular formula is C10H15N5O2S. The topological polar surface area (TPSA) is 89.2 Å². The Bertz CT molecular complexity index is 705. The predicted molar refractivity (Wildman–Crippen MR) is 67.5 cm³/mol. The summed E-state index contributed by atoms with van der Waals surface area (Å²) in [7, 11) is -3.37. The highest BCUT2D eigenvalue weighted by atomic mass is 32.2. The van der Waals surface area contributed by atoms with E-state index in [0.29, 0.717) is 23.7 Å². The minimum Gasteiger partial charge on any atom is -0.353 e. The van der Waals surface area contributed by atoms with Gasteiger partial charge in [0.1, 0.15) is 0 Å². The van der Waals surface area contributed by atoms with E-state index in [4.69, 9.17) is 0 Å². The summed E-state index contributed by atoms with van der Waals surface area (Å²) in [6.45, 7) is 6.11. The molecule has 0 aliphatic carbocycles. The van der Waals surface area contributed by atoms with Crippen LogP contribution in [0.4, 0.5) is 5.95 Å². The lowest BCUT2D eigenvalue weighted by Gasteiger charge is -2.08. The van der Waals surface area contributed by atoms with Crippen molar-refractivity contribution < 1.29 is 8.42 Å². The lowest BCUT2D eigenvalue weighted by atomic mass is 10.2. The number of anilines is 1. The number of aromatic nitrogens is 4. The van der Waals surface area contributed by atoms with Crippen molar-refractivity contribution in [1.82, 2.24) is 19.8 Å². The van der Waals surface area contributed by atoms with Crippen LogP contribution >= 0.6 is 0 Å². The molecule has 2 aromatic heterocycles. The van der Waals surface area contributed by atoms with Crippen LogP contribution in [0.2, 0.25) is 0 Å². The molecule has 0 amide bonds. The number of aryl methyl sites for hydroxylation is 1. The van der Waals surface area contributed by atoms with Gasteiger partial charge in [-0.25, -0.2) is 8.42 Å². The molecule has 0 radical (unpaired) electrons. The van der Waals surface area contributed by atoms with Crippen molar-refractivity contribution in [2.45, 2.75) is 25.8 Å². The second kappa shape index (κ2) is 4.20. The molecule has 2 rings (SSSR count). The summed E-state index contributed by atoms with van der Waals surface area (Å²) in [6, 6.07) is 0. The van der Waals surface area contributed by atoms with Gasteiger partial charge in [0.2, 0.25) is 5.95 Å². The van der Waals surface area contributed by atoms with Crippen molar-refractivity contribution in [3.05, 3.63) is 11.1 Å². The van der Waals surface area contributed by atoms with E-state index in [2.05, 4.69) is 20.6 Å². The lowest BCUT2D eigenvalue weighted by molar-refractivity contribution is 0.593. The van der Waals surface area contributed by atoms with Gasteiger partial charge in [-0.2, -0.15) is 9.61 Å². The highest BCUT2D eigenvalue weighted by Crippen LogP contribution is 2.20. The maximum absolute atomic E-state index is 11.7. The Balaban J connectivity index is 2.83. The van der Waals surface area contributed by atoms with Gasteiger partial charge in [0.25, 0.3) is 0 Å². The Morgan fingerprint density at radius 2 is 1.89 bits per heavy atom. The Morgan fingerprint density at radius 1 is 1.22 bits per heavy atom. The van der Waals surface area contributed by atoms with E-state index in [1.165, 1.54) is 4.52 Å². The molecule has 0 atom stereocenters. The molecule has 8 heteroatoms. The van der Waals surface area contributed by atoms with Crippen molar-refractivity contribution in [3.63, 3.8) is 0 Å². The average Bonchev–Trinajstić information content (AvgIpc) is 2.66. The molecule has 2 aromatic rings. The Morgan fingerprint density at radius 3 is 2.44 bits per heavy atom. The van der Waals surface area contributed by atoms with Crippen LogP contribution in [-0.4, -0.2) is 41.0 Å². The minimum absolute atomic E-state index is 0.0615. The largest absolute Gasteiger partial charge is 0.353 e. The van der Waals surface area contributed by atoms with E-state index in [1.807, 2.05) is 13.8 Å². The van der Waals surface area contributed by atoms with Crippen molar-refractivity contribution in [1.29, 1.82) is 0 Å². The Hall–Kier alpha value is -1.70. The van der Waals surface area contributed by atoms with Gasteiger partial charge in [-0.1, -0.05) is 0 Å². The third-order valence-corrected chi connectivity index (χ3v) is 3.83. The molecule has 1 N–H and O–H groups in total. The molecule has 0 spiro atoms. The fourth-order valence-corrected chi connectivity index (χ4v) is 2.66. The molecule has 0 aliphatic rings. The van der Waals surface area contributed by atoms with Crippen LogP contribution in [0.25, 0.3) is 5.65 Å². The molecule has 0 unspecified atom stereocenters. The second-order valence-electron chi connectivity index (χ2n) is 4.12. The number of nitrogens with one attached hydrogen (secondary N) is 1. The number of fused-ring (bicyclic) bond motifs is 1. The van der Waals surface area contributed by atoms with E-state index in [9.17, 15) is 8.42 Å². The van der Waals surface area contributed by atoms with E-state index in [-0.39, 0.29) is 5.03 Å². The van der Waals surface area contributed by atoms with Crippen LogP contribution < -0.4 is 5.32 Å². The lowest BCUT2D eigenvalue weighted by Crippen LogP contribution is -2.11. The monoisotopic (exact) mass is 269 g/mol. The van der Waals surface area contributed by atoms with Crippen LogP contribution in [0.15, 0.2) is 5.03 Å². The van der Waals surface area contributed by atoms with Gasteiger partial charge in [0.05, 0.1) is 0 Å². The number of rotatable bonds is 3. The zero-order chi connectivity index (χ0) is 13.5. The van der Waals surface area contributed by atoms with E-state index >= 15 is 0 Å². The van der Waals surface area contributed by atoms with Gasteiger partial charge in [-0.05, 0) is 26.3 Å². The van der Waals surface area contributed by atoms with Crippen LogP contribution in [-0.2, 0) is 9.84 Å². The highest BCUT2D eigenvalue weighted by Gasteiger charge is 2.20. The van der Waals surface area contributed by atoms with Gasteiger partial charge >= 0.3 is 0 Å². The first-order valence-electron chi connectivity index (χ1n) is 5.52. The normalized spacial score (nSPS) is 12.0. The number of hydrogen-bond acceptors (Lipinski definition) is 6. The van der Waals surface area contributed by atoms with Crippen molar-refractivity contribution >= 4 is 21.4 Å². The van der Waals surface area contributed by atoms with Crippen LogP contribution in [0.1, 0.15) is 18.1 Å². The number of nitrogens with zero attached hydrogens (tertiary/aromatic N) is 4. The smallest absolute Gasteiger partial charge is 0.246 e. The molecule has 0 aromatic carbocycles. The molecule has 0 fully saturated rings. The number of sulfone groups is 1. The summed E-state index contributed by atoms with van der Waals surface area (Å²) < 4.78 is 24.8. The van der Waals surface area contributed by atoms with Crippen LogP contribution in [0, 0.1) is 13.8 Å². The fraction of sp³-hybridized carbons (Fsp3) is 0.500. The molecule has 2 heterocycles. The summed E-state index contributed by atoms with van der Waals surface area (Å²) >= 11 is 0. The molecule has 18 heavy (non-hydrogen) atoms. The predicted octanol–water partition coefficient (Wildman–Crippen LogP) is 0.576. The molecule has 0 saturated heterocycles. The zero-order valence-electron chi connectivity index (χ0n) is 10.7. The maximum Gasteiger partial charge on any atom is 0.246 e. The molecule has 0 saturated carbocycles. The fourth-order valence-electron chi connectivity index (χ4n) is 1.72. The van der Waals surface area contributed by atoms with Gasteiger partial charge in [-0.3, -0.25) is 0 Å². The molecular weight excluding hydrogens is 254 g/mol. The first kappa shape index (κ1) is 12.7. The second-order valence-corrected chi connectivity index (χ2v) is 6.05. The molecule has 98 valence electrons. The third-order valence-electron chi connectivity index (χ3n) is 2.74.